The Labute approximate surface area is 118 Å². The molecule has 0 bridgehead atoms. The molecule has 0 aliphatic heterocycles. The Hall–Kier alpha value is -1.52. The van der Waals surface area contributed by atoms with Gasteiger partial charge in [0.25, 0.3) is 0 Å². The molecule has 1 saturated carbocycles. The molecule has 0 unspecified atom stereocenters. The Morgan fingerprint density at radius 2 is 1.95 bits per heavy atom. The largest absolute Gasteiger partial charge is 0.497 e. The van der Waals surface area contributed by atoms with Gasteiger partial charge in [-0.25, -0.2) is 0 Å². The lowest BCUT2D eigenvalue weighted by molar-refractivity contribution is -0.0937. The lowest BCUT2D eigenvalue weighted by Crippen LogP contribution is -2.24. The number of hydrogen-bond donors (Lipinski definition) is 3. The number of aliphatic hydroxyl groups is 2. The third-order valence-electron chi connectivity index (χ3n) is 4.55. The van der Waals surface area contributed by atoms with Crippen molar-refractivity contribution in [2.24, 2.45) is 5.92 Å². The van der Waals surface area contributed by atoms with Crippen LogP contribution in [-0.4, -0.2) is 28.6 Å². The van der Waals surface area contributed by atoms with Crippen molar-refractivity contribution in [3.8, 4) is 5.75 Å². The van der Waals surface area contributed by atoms with Crippen molar-refractivity contribution >= 4 is 10.9 Å². The van der Waals surface area contributed by atoms with E-state index in [-0.39, 0.29) is 5.92 Å². The highest BCUT2D eigenvalue weighted by atomic mass is 16.5. The Morgan fingerprint density at radius 1 is 1.20 bits per heavy atom. The Bertz CT molecular complexity index is 582. The fourth-order valence-electron chi connectivity index (χ4n) is 3.31. The topological polar surface area (TPSA) is 65.5 Å². The van der Waals surface area contributed by atoms with Crippen molar-refractivity contribution in [2.75, 3.05) is 7.11 Å². The molecule has 0 atom stereocenters. The highest BCUT2D eigenvalue weighted by Crippen LogP contribution is 2.40. The van der Waals surface area contributed by atoms with E-state index in [2.05, 4.69) is 17.2 Å². The summed E-state index contributed by atoms with van der Waals surface area (Å²) in [4.78, 5) is 3.32. The van der Waals surface area contributed by atoms with E-state index in [1.165, 1.54) is 10.9 Å². The first-order valence-electron chi connectivity index (χ1n) is 7.20. The van der Waals surface area contributed by atoms with Crippen LogP contribution in [0.2, 0.25) is 0 Å². The van der Waals surface area contributed by atoms with E-state index in [9.17, 15) is 10.2 Å². The maximum Gasteiger partial charge on any atom is 0.154 e. The van der Waals surface area contributed by atoms with Crippen molar-refractivity contribution in [1.82, 2.24) is 4.98 Å². The molecule has 1 aliphatic rings. The first-order chi connectivity index (χ1) is 9.69. The molecule has 0 amide bonds. The number of H-pyrrole nitrogens is 1. The normalized spacial score (nSPS) is 23.4. The summed E-state index contributed by atoms with van der Waals surface area (Å²) in [5.74, 6) is 1.40. The highest BCUT2D eigenvalue weighted by Gasteiger charge is 2.27. The average molecular weight is 275 g/mol. The maximum atomic E-state index is 9.27. The molecule has 4 nitrogen and oxygen atoms in total. The average Bonchev–Trinajstić information content (AvgIpc) is 2.90. The Balaban J connectivity index is 1.84. The van der Waals surface area contributed by atoms with Crippen molar-refractivity contribution < 1.29 is 14.9 Å². The zero-order valence-electron chi connectivity index (χ0n) is 11.7. The van der Waals surface area contributed by atoms with E-state index >= 15 is 0 Å². The van der Waals surface area contributed by atoms with Crippen LogP contribution in [-0.2, 0) is 0 Å². The summed E-state index contributed by atoms with van der Waals surface area (Å²) in [6, 6.07) is 6.08. The monoisotopic (exact) mass is 275 g/mol. The van der Waals surface area contributed by atoms with Crippen molar-refractivity contribution in [3.05, 3.63) is 30.0 Å². The summed E-state index contributed by atoms with van der Waals surface area (Å²) >= 11 is 0. The number of ether oxygens (including phenoxy) is 1. The van der Waals surface area contributed by atoms with E-state index < -0.39 is 6.29 Å². The first kappa shape index (κ1) is 13.5. The van der Waals surface area contributed by atoms with Gasteiger partial charge in [0.15, 0.2) is 6.29 Å². The number of aliphatic hydroxyl groups excluding tert-OH is 1. The highest BCUT2D eigenvalue weighted by molar-refractivity contribution is 5.85. The SMILES string of the molecule is COc1ccc2[nH]cc(C3CCC(C(O)O)CC3)c2c1. The fraction of sp³-hybridized carbons (Fsp3) is 0.500. The zero-order valence-corrected chi connectivity index (χ0v) is 11.7. The smallest absolute Gasteiger partial charge is 0.154 e. The molecule has 0 saturated heterocycles. The molecule has 108 valence electrons. The van der Waals surface area contributed by atoms with Gasteiger partial charge in [-0.2, -0.15) is 0 Å². The molecule has 3 rings (SSSR count). The zero-order chi connectivity index (χ0) is 14.1. The molecule has 1 heterocycles. The standard InChI is InChI=1S/C16H21NO3/c1-20-12-6-7-15-13(8-12)14(9-17-15)10-2-4-11(5-3-10)16(18)19/h6-11,16-19H,2-5H2,1H3. The van der Waals surface area contributed by atoms with E-state index in [1.54, 1.807) is 7.11 Å². The lowest BCUT2D eigenvalue weighted by Gasteiger charge is -2.29. The van der Waals surface area contributed by atoms with Crippen LogP contribution in [0.5, 0.6) is 5.75 Å². The van der Waals surface area contributed by atoms with Gasteiger partial charge in [0.1, 0.15) is 5.75 Å². The van der Waals surface area contributed by atoms with Gasteiger partial charge in [-0.3, -0.25) is 0 Å². The quantitative estimate of drug-likeness (QED) is 0.755. The molecule has 0 radical (unpaired) electrons. The Kier molecular flexibility index (Phi) is 3.68. The minimum absolute atomic E-state index is 0.0333. The second kappa shape index (κ2) is 5.46. The number of nitrogens with one attached hydrogen (secondary N) is 1. The summed E-state index contributed by atoms with van der Waals surface area (Å²) in [6.45, 7) is 0. The fourth-order valence-corrected chi connectivity index (χ4v) is 3.31. The molecule has 0 spiro atoms. The number of benzene rings is 1. The van der Waals surface area contributed by atoms with Crippen LogP contribution < -0.4 is 4.74 Å². The van der Waals surface area contributed by atoms with E-state index in [4.69, 9.17) is 4.74 Å². The van der Waals surface area contributed by atoms with E-state index in [0.717, 1.165) is 36.9 Å². The molecule has 4 heteroatoms. The molecule has 1 aromatic carbocycles. The number of aromatic nitrogens is 1. The van der Waals surface area contributed by atoms with Crippen LogP contribution in [0.3, 0.4) is 0 Å². The third-order valence-corrected chi connectivity index (χ3v) is 4.55. The summed E-state index contributed by atoms with van der Waals surface area (Å²) in [6.07, 6.45) is 4.68. The van der Waals surface area contributed by atoms with Gasteiger partial charge in [0.05, 0.1) is 7.11 Å². The molecule has 3 N–H and O–H groups in total. The van der Waals surface area contributed by atoms with Gasteiger partial charge < -0.3 is 19.9 Å². The molecule has 1 fully saturated rings. The van der Waals surface area contributed by atoms with Crippen LogP contribution in [0.15, 0.2) is 24.4 Å². The van der Waals surface area contributed by atoms with Gasteiger partial charge in [0, 0.05) is 23.0 Å². The lowest BCUT2D eigenvalue weighted by atomic mass is 9.78. The number of aromatic amines is 1. The molecule has 1 aliphatic carbocycles. The van der Waals surface area contributed by atoms with Gasteiger partial charge in [-0.15, -0.1) is 0 Å². The van der Waals surface area contributed by atoms with Crippen LogP contribution in [0.1, 0.15) is 37.2 Å². The molecular weight excluding hydrogens is 254 g/mol. The van der Waals surface area contributed by atoms with E-state index in [0.29, 0.717) is 5.92 Å². The summed E-state index contributed by atoms with van der Waals surface area (Å²) < 4.78 is 5.30. The summed E-state index contributed by atoms with van der Waals surface area (Å²) in [5, 5.41) is 19.8. The van der Waals surface area contributed by atoms with Crippen LogP contribution in [0, 0.1) is 5.92 Å². The molecule has 20 heavy (non-hydrogen) atoms. The number of fused-ring (bicyclic) bond motifs is 1. The summed E-state index contributed by atoms with van der Waals surface area (Å²) in [7, 11) is 1.68. The third kappa shape index (κ3) is 2.41. The van der Waals surface area contributed by atoms with Crippen molar-refractivity contribution in [1.29, 1.82) is 0 Å². The second-order valence-electron chi connectivity index (χ2n) is 5.68. The number of rotatable bonds is 3. The minimum Gasteiger partial charge on any atom is -0.497 e. The Morgan fingerprint density at radius 3 is 2.60 bits per heavy atom. The summed E-state index contributed by atoms with van der Waals surface area (Å²) in [5.41, 5.74) is 2.45. The van der Waals surface area contributed by atoms with Crippen LogP contribution in [0.25, 0.3) is 10.9 Å². The number of methoxy groups -OCH3 is 1. The predicted octanol–water partition coefficient (Wildman–Crippen LogP) is 2.76. The van der Waals surface area contributed by atoms with Crippen LogP contribution >= 0.6 is 0 Å². The predicted molar refractivity (Wildman–Crippen MR) is 77.8 cm³/mol. The molecular formula is C16H21NO3. The van der Waals surface area contributed by atoms with Gasteiger partial charge >= 0.3 is 0 Å². The first-order valence-corrected chi connectivity index (χ1v) is 7.20. The van der Waals surface area contributed by atoms with Gasteiger partial charge in [-0.05, 0) is 55.4 Å². The second-order valence-corrected chi connectivity index (χ2v) is 5.68. The molecule has 1 aromatic heterocycles. The van der Waals surface area contributed by atoms with E-state index in [1.807, 2.05) is 12.1 Å². The van der Waals surface area contributed by atoms with Crippen LogP contribution in [0.4, 0.5) is 0 Å². The molecule has 2 aromatic rings. The minimum atomic E-state index is -1.17. The maximum absolute atomic E-state index is 9.27. The van der Waals surface area contributed by atoms with Crippen molar-refractivity contribution in [2.45, 2.75) is 37.9 Å². The van der Waals surface area contributed by atoms with Gasteiger partial charge in [-0.1, -0.05) is 0 Å². The number of hydrogen-bond acceptors (Lipinski definition) is 3. The van der Waals surface area contributed by atoms with Crippen molar-refractivity contribution in [3.63, 3.8) is 0 Å². The van der Waals surface area contributed by atoms with Gasteiger partial charge in [0.2, 0.25) is 0 Å².